The third-order valence-electron chi connectivity index (χ3n) is 5.12. The van der Waals surface area contributed by atoms with E-state index in [4.69, 9.17) is 9.47 Å². The van der Waals surface area contributed by atoms with E-state index in [1.54, 1.807) is 6.33 Å². The van der Waals surface area contributed by atoms with Crippen molar-refractivity contribution < 1.29 is 9.47 Å². The van der Waals surface area contributed by atoms with Gasteiger partial charge in [-0.25, -0.2) is 9.97 Å². The Bertz CT molecular complexity index is 716. The minimum atomic E-state index is 0.0801. The Labute approximate surface area is 154 Å². The van der Waals surface area contributed by atoms with Gasteiger partial charge in [-0.15, -0.1) is 0 Å². The predicted octanol–water partition coefficient (Wildman–Crippen LogP) is 2.45. The van der Waals surface area contributed by atoms with Crippen LogP contribution in [0.3, 0.4) is 0 Å². The average Bonchev–Trinajstić information content (AvgIpc) is 2.75. The van der Waals surface area contributed by atoms with Gasteiger partial charge in [0, 0.05) is 32.2 Å². The summed E-state index contributed by atoms with van der Waals surface area (Å²) >= 11 is 0. The molecule has 0 saturated carbocycles. The highest BCUT2D eigenvalue weighted by Crippen LogP contribution is 2.27. The number of hydrogen-bond acceptors (Lipinski definition) is 6. The number of nitrogens with zero attached hydrogens (tertiary/aromatic N) is 4. The molecular weight excluding hydrogens is 328 g/mol. The average molecular weight is 354 g/mol. The van der Waals surface area contributed by atoms with E-state index in [2.05, 4.69) is 57.0 Å². The molecule has 0 bridgehead atoms. The van der Waals surface area contributed by atoms with Crippen molar-refractivity contribution in [3.8, 4) is 0 Å². The molecule has 1 unspecified atom stereocenters. The van der Waals surface area contributed by atoms with Crippen molar-refractivity contribution in [1.82, 2.24) is 9.97 Å². The fraction of sp³-hybridized carbons (Fsp3) is 0.500. The number of aromatic nitrogens is 2. The van der Waals surface area contributed by atoms with Gasteiger partial charge in [-0.2, -0.15) is 0 Å². The molecular formula is C20H26N4O2. The summed E-state index contributed by atoms with van der Waals surface area (Å²) in [5, 5.41) is 0. The van der Waals surface area contributed by atoms with Crippen LogP contribution in [-0.2, 0) is 15.9 Å². The van der Waals surface area contributed by atoms with Crippen LogP contribution in [0.25, 0.3) is 0 Å². The van der Waals surface area contributed by atoms with Crippen LogP contribution in [0.2, 0.25) is 0 Å². The van der Waals surface area contributed by atoms with Crippen LogP contribution in [0.1, 0.15) is 24.2 Å². The lowest BCUT2D eigenvalue weighted by Crippen LogP contribution is -2.39. The highest BCUT2D eigenvalue weighted by molar-refractivity contribution is 5.51. The summed E-state index contributed by atoms with van der Waals surface area (Å²) in [5.41, 5.74) is 2.58. The van der Waals surface area contributed by atoms with E-state index in [0.717, 1.165) is 57.4 Å². The Balaban J connectivity index is 1.48. The van der Waals surface area contributed by atoms with Gasteiger partial charge < -0.3 is 19.3 Å². The molecule has 3 heterocycles. The number of aryl methyl sites for hydroxylation is 1. The normalized spacial score (nSPS) is 21.0. The molecule has 0 spiro atoms. The first-order chi connectivity index (χ1) is 12.8. The van der Waals surface area contributed by atoms with Crippen LogP contribution in [-0.4, -0.2) is 56.0 Å². The van der Waals surface area contributed by atoms with E-state index in [-0.39, 0.29) is 6.10 Å². The highest BCUT2D eigenvalue weighted by Gasteiger charge is 2.24. The maximum Gasteiger partial charge on any atom is 0.134 e. The zero-order valence-corrected chi connectivity index (χ0v) is 15.3. The summed E-state index contributed by atoms with van der Waals surface area (Å²) in [6.07, 6.45) is 2.81. The van der Waals surface area contributed by atoms with Crippen LogP contribution in [0.4, 0.5) is 11.6 Å². The van der Waals surface area contributed by atoms with E-state index >= 15 is 0 Å². The molecule has 0 N–H and O–H groups in total. The molecule has 2 aliphatic heterocycles. The Hall–Kier alpha value is -2.18. The maximum atomic E-state index is 6.02. The van der Waals surface area contributed by atoms with Gasteiger partial charge in [0.05, 0.1) is 19.8 Å². The van der Waals surface area contributed by atoms with Crippen molar-refractivity contribution in [3.05, 3.63) is 47.8 Å². The van der Waals surface area contributed by atoms with E-state index < -0.39 is 0 Å². The monoisotopic (exact) mass is 354 g/mol. The van der Waals surface area contributed by atoms with Gasteiger partial charge in [0.25, 0.3) is 0 Å². The molecule has 2 aromatic rings. The molecule has 0 radical (unpaired) electrons. The third kappa shape index (κ3) is 3.81. The number of benzene rings is 1. The van der Waals surface area contributed by atoms with Crippen LogP contribution < -0.4 is 9.80 Å². The molecule has 6 nitrogen and oxygen atoms in total. The van der Waals surface area contributed by atoms with Gasteiger partial charge in [0.15, 0.2) is 0 Å². The number of rotatable bonds is 4. The predicted molar refractivity (Wildman–Crippen MR) is 102 cm³/mol. The quantitative estimate of drug-likeness (QED) is 0.841. The fourth-order valence-corrected chi connectivity index (χ4v) is 3.50. The van der Waals surface area contributed by atoms with Gasteiger partial charge in [0.1, 0.15) is 24.1 Å². The lowest BCUT2D eigenvalue weighted by Gasteiger charge is -2.34. The molecule has 2 saturated heterocycles. The SMILES string of the molecule is CCc1ccc(C2CN(c3cc(N4CCOCC4)ncn3)CCO2)cc1. The second-order valence-corrected chi connectivity index (χ2v) is 6.73. The van der Waals surface area contributed by atoms with Crippen molar-refractivity contribution in [2.75, 3.05) is 55.8 Å². The van der Waals surface area contributed by atoms with Crippen molar-refractivity contribution >= 4 is 11.6 Å². The van der Waals surface area contributed by atoms with E-state index in [1.165, 1.54) is 11.1 Å². The lowest BCUT2D eigenvalue weighted by molar-refractivity contribution is 0.0395. The largest absolute Gasteiger partial charge is 0.378 e. The summed E-state index contributed by atoms with van der Waals surface area (Å²) in [7, 11) is 0. The number of hydrogen-bond donors (Lipinski definition) is 0. The zero-order valence-electron chi connectivity index (χ0n) is 15.3. The second-order valence-electron chi connectivity index (χ2n) is 6.73. The van der Waals surface area contributed by atoms with Crippen LogP contribution in [0.15, 0.2) is 36.7 Å². The maximum absolute atomic E-state index is 6.02. The minimum absolute atomic E-state index is 0.0801. The van der Waals surface area contributed by atoms with Crippen molar-refractivity contribution in [2.24, 2.45) is 0 Å². The molecule has 138 valence electrons. The van der Waals surface area contributed by atoms with Crippen molar-refractivity contribution in [2.45, 2.75) is 19.4 Å². The van der Waals surface area contributed by atoms with E-state index in [9.17, 15) is 0 Å². The summed E-state index contributed by atoms with van der Waals surface area (Å²) in [6, 6.07) is 10.9. The van der Waals surface area contributed by atoms with Gasteiger partial charge in [-0.3, -0.25) is 0 Å². The molecule has 0 aliphatic carbocycles. The van der Waals surface area contributed by atoms with Gasteiger partial charge in [-0.05, 0) is 17.5 Å². The lowest BCUT2D eigenvalue weighted by atomic mass is 10.0. The Morgan fingerprint density at radius 1 is 0.962 bits per heavy atom. The summed E-state index contributed by atoms with van der Waals surface area (Å²) in [4.78, 5) is 13.5. The highest BCUT2D eigenvalue weighted by atomic mass is 16.5. The minimum Gasteiger partial charge on any atom is -0.378 e. The standard InChI is InChI=1S/C20H26N4O2/c1-2-16-3-5-17(6-4-16)18-14-24(9-12-26-18)20-13-19(21-15-22-20)23-7-10-25-11-8-23/h3-6,13,15,18H,2,7-12,14H2,1H3. The molecule has 0 amide bonds. The van der Waals surface area contributed by atoms with Crippen molar-refractivity contribution in [1.29, 1.82) is 0 Å². The zero-order chi connectivity index (χ0) is 17.8. The van der Waals surface area contributed by atoms with E-state index in [0.29, 0.717) is 6.61 Å². The van der Waals surface area contributed by atoms with Gasteiger partial charge in [0.2, 0.25) is 0 Å². The molecule has 1 atom stereocenters. The molecule has 2 fully saturated rings. The molecule has 2 aliphatic rings. The molecule has 1 aromatic carbocycles. The number of morpholine rings is 2. The van der Waals surface area contributed by atoms with Crippen LogP contribution in [0, 0.1) is 0 Å². The molecule has 4 rings (SSSR count). The second kappa shape index (κ2) is 8.01. The summed E-state index contributed by atoms with van der Waals surface area (Å²) in [5.74, 6) is 1.95. The van der Waals surface area contributed by atoms with Crippen LogP contribution >= 0.6 is 0 Å². The first-order valence-corrected chi connectivity index (χ1v) is 9.43. The van der Waals surface area contributed by atoms with Crippen molar-refractivity contribution in [3.63, 3.8) is 0 Å². The molecule has 1 aromatic heterocycles. The van der Waals surface area contributed by atoms with Crippen LogP contribution in [0.5, 0.6) is 0 Å². The molecule has 26 heavy (non-hydrogen) atoms. The fourth-order valence-electron chi connectivity index (χ4n) is 3.50. The Kier molecular flexibility index (Phi) is 5.32. The third-order valence-corrected chi connectivity index (χ3v) is 5.12. The first kappa shape index (κ1) is 17.2. The topological polar surface area (TPSA) is 50.7 Å². The first-order valence-electron chi connectivity index (χ1n) is 9.43. The Morgan fingerprint density at radius 2 is 1.65 bits per heavy atom. The smallest absolute Gasteiger partial charge is 0.134 e. The summed E-state index contributed by atoms with van der Waals surface area (Å²) < 4.78 is 11.5. The van der Waals surface area contributed by atoms with Gasteiger partial charge in [-0.1, -0.05) is 31.2 Å². The summed E-state index contributed by atoms with van der Waals surface area (Å²) in [6.45, 7) is 7.82. The number of anilines is 2. The number of ether oxygens (including phenoxy) is 2. The van der Waals surface area contributed by atoms with E-state index in [1.807, 2.05) is 0 Å². The molecule has 6 heteroatoms. The Morgan fingerprint density at radius 3 is 2.38 bits per heavy atom. The van der Waals surface area contributed by atoms with Gasteiger partial charge >= 0.3 is 0 Å².